The molecule has 4 aromatic rings. The zero-order chi connectivity index (χ0) is 16.5. The number of rotatable bonds is 2. The second-order valence-corrected chi connectivity index (χ2v) is 5.43. The average Bonchev–Trinajstić information content (AvgIpc) is 2.71. The summed E-state index contributed by atoms with van der Waals surface area (Å²) in [7, 11) is 0. The molecule has 0 radical (unpaired) electrons. The van der Waals surface area contributed by atoms with Crippen molar-refractivity contribution in [3.05, 3.63) is 121 Å². The molecule has 0 aliphatic rings. The Morgan fingerprint density at radius 2 is 0.500 bits per heavy atom. The van der Waals surface area contributed by atoms with Crippen LogP contribution in [0, 0.1) is 0 Å². The maximum absolute atomic E-state index is 2.18. The summed E-state index contributed by atoms with van der Waals surface area (Å²) in [6.45, 7) is 0. The topological polar surface area (TPSA) is 0 Å². The van der Waals surface area contributed by atoms with E-state index in [-0.39, 0.29) is 0 Å². The van der Waals surface area contributed by atoms with Crippen LogP contribution in [0.5, 0.6) is 0 Å². The smallest absolute Gasteiger partial charge is 0.0105 e. The van der Waals surface area contributed by atoms with E-state index in [9.17, 15) is 0 Å². The zero-order valence-electron chi connectivity index (χ0n) is 13.5. The Hall–Kier alpha value is -3.12. The van der Waals surface area contributed by atoms with Gasteiger partial charge in [0.05, 0.1) is 0 Å². The molecule has 0 aliphatic heterocycles. The molecule has 0 unspecified atom stereocenters. The van der Waals surface area contributed by atoms with Crippen LogP contribution >= 0.6 is 0 Å². The van der Waals surface area contributed by atoms with Gasteiger partial charge < -0.3 is 0 Å². The van der Waals surface area contributed by atoms with E-state index in [4.69, 9.17) is 0 Å². The van der Waals surface area contributed by atoms with Crippen LogP contribution in [-0.4, -0.2) is 0 Å². The number of benzene rings is 4. The van der Waals surface area contributed by atoms with Crippen LogP contribution in [0.2, 0.25) is 0 Å². The molecule has 0 fully saturated rings. The summed E-state index contributed by atoms with van der Waals surface area (Å²) in [5, 5.41) is 0. The van der Waals surface area contributed by atoms with Crippen LogP contribution in [0.1, 0.15) is 0 Å². The van der Waals surface area contributed by atoms with Gasteiger partial charge in [0, 0.05) is 0 Å². The predicted octanol–water partition coefficient (Wildman–Crippen LogP) is 6.71. The van der Waals surface area contributed by atoms with Gasteiger partial charge in [-0.1, -0.05) is 121 Å². The van der Waals surface area contributed by atoms with E-state index in [1.54, 1.807) is 0 Å². The highest BCUT2D eigenvalue weighted by atomic mass is 14.1. The van der Waals surface area contributed by atoms with Gasteiger partial charge >= 0.3 is 0 Å². The van der Waals surface area contributed by atoms with Crippen molar-refractivity contribution >= 4 is 0 Å². The highest BCUT2D eigenvalue weighted by Crippen LogP contribution is 2.31. The Labute approximate surface area is 144 Å². The lowest BCUT2D eigenvalue weighted by Crippen LogP contribution is -1.83. The van der Waals surface area contributed by atoms with Gasteiger partial charge in [-0.05, 0) is 22.3 Å². The van der Waals surface area contributed by atoms with Gasteiger partial charge in [-0.25, -0.2) is 0 Å². The molecule has 0 amide bonds. The first-order chi connectivity index (χ1) is 11.9. The normalized spacial score (nSPS) is 9.67. The van der Waals surface area contributed by atoms with Crippen LogP contribution in [0.3, 0.4) is 0 Å². The van der Waals surface area contributed by atoms with Crippen LogP contribution in [-0.2, 0) is 0 Å². The third-order valence-electron chi connectivity index (χ3n) is 3.76. The third kappa shape index (κ3) is 4.21. The van der Waals surface area contributed by atoms with Crippen LogP contribution in [0.15, 0.2) is 121 Å². The molecule has 0 nitrogen and oxygen atoms in total. The molecular weight excluding hydrogens is 288 g/mol. The van der Waals surface area contributed by atoms with Crippen LogP contribution < -0.4 is 0 Å². The first-order valence-electron chi connectivity index (χ1n) is 8.15. The first kappa shape index (κ1) is 15.8. The van der Waals surface area contributed by atoms with E-state index in [2.05, 4.69) is 84.9 Å². The fourth-order valence-corrected chi connectivity index (χ4v) is 2.61. The molecule has 0 saturated carbocycles. The number of hydrogen-bond acceptors (Lipinski definition) is 0. The third-order valence-corrected chi connectivity index (χ3v) is 3.76. The highest BCUT2D eigenvalue weighted by Gasteiger charge is 2.05. The summed E-state index contributed by atoms with van der Waals surface area (Å²) >= 11 is 0. The standard InChI is InChI=1S/C18H14.C6H6/c1-3-9-15(10-4-1)17-13-7-8-14-18(17)16-11-5-2-6-12-16;1-2-4-6-5-3-1/h1-14H;1-6H. The summed E-state index contributed by atoms with van der Waals surface area (Å²) in [6.07, 6.45) is 0. The van der Waals surface area contributed by atoms with Crippen LogP contribution in [0.25, 0.3) is 22.3 Å². The maximum atomic E-state index is 2.18. The lowest BCUT2D eigenvalue weighted by molar-refractivity contribution is 1.58. The molecule has 0 heterocycles. The Morgan fingerprint density at radius 3 is 0.833 bits per heavy atom. The van der Waals surface area contributed by atoms with Gasteiger partial charge in [0.2, 0.25) is 0 Å². The molecule has 0 aliphatic carbocycles. The van der Waals surface area contributed by atoms with Gasteiger partial charge in [-0.2, -0.15) is 0 Å². The predicted molar refractivity (Wildman–Crippen MR) is 104 cm³/mol. The second kappa shape index (κ2) is 8.50. The minimum Gasteiger partial charge on any atom is -0.0623 e. The fraction of sp³-hybridized carbons (Fsp3) is 0. The summed E-state index contributed by atoms with van der Waals surface area (Å²) in [5.41, 5.74) is 5.09. The summed E-state index contributed by atoms with van der Waals surface area (Å²) in [5.74, 6) is 0. The lowest BCUT2D eigenvalue weighted by Gasteiger charge is -2.09. The van der Waals surface area contributed by atoms with E-state index in [0.29, 0.717) is 0 Å². The molecule has 0 spiro atoms. The molecule has 0 bridgehead atoms. The van der Waals surface area contributed by atoms with E-state index < -0.39 is 0 Å². The Morgan fingerprint density at radius 1 is 0.250 bits per heavy atom. The molecule has 0 saturated heterocycles. The van der Waals surface area contributed by atoms with Crippen LogP contribution in [0.4, 0.5) is 0 Å². The fourth-order valence-electron chi connectivity index (χ4n) is 2.61. The minimum absolute atomic E-state index is 1.26. The van der Waals surface area contributed by atoms with E-state index in [1.165, 1.54) is 22.3 Å². The van der Waals surface area contributed by atoms with Crippen molar-refractivity contribution in [3.63, 3.8) is 0 Å². The minimum atomic E-state index is 1.26. The summed E-state index contributed by atoms with van der Waals surface area (Å²) in [6, 6.07) is 41.6. The van der Waals surface area contributed by atoms with Gasteiger partial charge in [0.15, 0.2) is 0 Å². The van der Waals surface area contributed by atoms with Crippen molar-refractivity contribution in [1.29, 1.82) is 0 Å². The van der Waals surface area contributed by atoms with E-state index in [0.717, 1.165) is 0 Å². The van der Waals surface area contributed by atoms with E-state index in [1.807, 2.05) is 36.4 Å². The molecule has 116 valence electrons. The second-order valence-electron chi connectivity index (χ2n) is 5.43. The van der Waals surface area contributed by atoms with E-state index >= 15 is 0 Å². The molecule has 0 atom stereocenters. The van der Waals surface area contributed by atoms with Gasteiger partial charge in [0.25, 0.3) is 0 Å². The van der Waals surface area contributed by atoms with Crippen molar-refractivity contribution < 1.29 is 0 Å². The Balaban J connectivity index is 0.000000238. The maximum Gasteiger partial charge on any atom is -0.0105 e. The molecule has 0 N–H and O–H groups in total. The molecule has 4 aromatic carbocycles. The highest BCUT2D eigenvalue weighted by molar-refractivity contribution is 5.83. The van der Waals surface area contributed by atoms with Gasteiger partial charge in [0.1, 0.15) is 0 Å². The molecule has 0 heteroatoms. The largest absolute Gasteiger partial charge is 0.0623 e. The SMILES string of the molecule is c1ccc(-c2ccccc2-c2ccccc2)cc1.c1ccccc1. The first-order valence-corrected chi connectivity index (χ1v) is 8.15. The van der Waals surface area contributed by atoms with Gasteiger partial charge in [-0.3, -0.25) is 0 Å². The van der Waals surface area contributed by atoms with Crippen molar-refractivity contribution in [3.8, 4) is 22.3 Å². The molecular formula is C24H20. The summed E-state index contributed by atoms with van der Waals surface area (Å²) in [4.78, 5) is 0. The van der Waals surface area contributed by atoms with Crippen molar-refractivity contribution in [2.24, 2.45) is 0 Å². The Kier molecular flexibility index (Phi) is 5.58. The van der Waals surface area contributed by atoms with Crippen molar-refractivity contribution in [1.82, 2.24) is 0 Å². The number of hydrogen-bond donors (Lipinski definition) is 0. The zero-order valence-corrected chi connectivity index (χ0v) is 13.5. The van der Waals surface area contributed by atoms with Crippen molar-refractivity contribution in [2.75, 3.05) is 0 Å². The molecule has 4 rings (SSSR count). The molecule has 0 aromatic heterocycles. The van der Waals surface area contributed by atoms with Crippen molar-refractivity contribution in [2.45, 2.75) is 0 Å². The lowest BCUT2D eigenvalue weighted by atomic mass is 9.95. The molecule has 24 heavy (non-hydrogen) atoms. The Bertz CT molecular complexity index is 749. The summed E-state index contributed by atoms with van der Waals surface area (Å²) < 4.78 is 0. The quantitative estimate of drug-likeness (QED) is 0.386. The monoisotopic (exact) mass is 308 g/mol. The average molecular weight is 308 g/mol. The van der Waals surface area contributed by atoms with Gasteiger partial charge in [-0.15, -0.1) is 0 Å².